The summed E-state index contributed by atoms with van der Waals surface area (Å²) in [5.41, 5.74) is 6.36. The highest BCUT2D eigenvalue weighted by Gasteiger charge is 2.17. The van der Waals surface area contributed by atoms with E-state index in [1.54, 1.807) is 24.3 Å². The van der Waals surface area contributed by atoms with Crippen molar-refractivity contribution in [1.29, 1.82) is 0 Å². The van der Waals surface area contributed by atoms with Gasteiger partial charge < -0.3 is 11.1 Å². The summed E-state index contributed by atoms with van der Waals surface area (Å²) in [6.45, 7) is 0. The van der Waals surface area contributed by atoms with E-state index in [2.05, 4.69) is 21.2 Å². The number of hydrogen-bond donors (Lipinski definition) is 3. The van der Waals surface area contributed by atoms with Gasteiger partial charge in [-0.05, 0) is 30.3 Å². The first-order chi connectivity index (χ1) is 9.79. The lowest BCUT2D eigenvalue weighted by Gasteiger charge is -2.11. The van der Waals surface area contributed by atoms with Crippen LogP contribution in [0.25, 0.3) is 0 Å². The highest BCUT2D eigenvalue weighted by Crippen LogP contribution is 2.23. The Morgan fingerprint density at radius 1 is 1.14 bits per heavy atom. The van der Waals surface area contributed by atoms with Crippen molar-refractivity contribution in [2.24, 2.45) is 5.14 Å². The summed E-state index contributed by atoms with van der Waals surface area (Å²) in [6.07, 6.45) is 0. The van der Waals surface area contributed by atoms with Crippen LogP contribution in [0, 0.1) is 0 Å². The smallest absolute Gasteiger partial charge is 0.257 e. The maximum absolute atomic E-state index is 12.2. The maximum atomic E-state index is 12.2. The Morgan fingerprint density at radius 3 is 2.48 bits per heavy atom. The summed E-state index contributed by atoms with van der Waals surface area (Å²) >= 11 is 3.24. The third-order valence-electron chi connectivity index (χ3n) is 2.70. The molecule has 0 unspecified atom stereocenters. The fourth-order valence-corrected chi connectivity index (χ4v) is 2.79. The van der Waals surface area contributed by atoms with Crippen LogP contribution in [-0.4, -0.2) is 14.3 Å². The van der Waals surface area contributed by atoms with E-state index in [4.69, 9.17) is 10.9 Å². The first-order valence-corrected chi connectivity index (χ1v) is 8.11. The molecule has 1 amide bonds. The minimum Gasteiger partial charge on any atom is -0.398 e. The molecule has 2 aromatic rings. The van der Waals surface area contributed by atoms with Crippen molar-refractivity contribution in [2.45, 2.75) is 4.90 Å². The van der Waals surface area contributed by atoms with Gasteiger partial charge in [-0.3, -0.25) is 4.79 Å². The van der Waals surface area contributed by atoms with Crippen LogP contribution in [0.4, 0.5) is 11.4 Å². The second-order valence-electron chi connectivity index (χ2n) is 4.23. The molecule has 6 nitrogen and oxygen atoms in total. The molecule has 0 saturated carbocycles. The second-order valence-corrected chi connectivity index (χ2v) is 6.67. The minimum atomic E-state index is -3.93. The number of hydrogen-bond acceptors (Lipinski definition) is 4. The van der Waals surface area contributed by atoms with Crippen molar-refractivity contribution in [3.05, 3.63) is 52.5 Å². The molecule has 110 valence electrons. The van der Waals surface area contributed by atoms with Gasteiger partial charge >= 0.3 is 0 Å². The van der Waals surface area contributed by atoms with E-state index in [9.17, 15) is 13.2 Å². The molecule has 0 aliphatic carbocycles. The van der Waals surface area contributed by atoms with Crippen LogP contribution in [0.2, 0.25) is 0 Å². The number of sulfonamides is 1. The zero-order valence-corrected chi connectivity index (χ0v) is 13.1. The lowest BCUT2D eigenvalue weighted by atomic mass is 10.1. The van der Waals surface area contributed by atoms with Gasteiger partial charge in [-0.1, -0.05) is 28.1 Å². The molecule has 21 heavy (non-hydrogen) atoms. The van der Waals surface area contributed by atoms with Crippen LogP contribution < -0.4 is 16.2 Å². The number of nitrogen functional groups attached to an aromatic ring is 1. The van der Waals surface area contributed by atoms with E-state index in [-0.39, 0.29) is 21.8 Å². The average molecular weight is 370 g/mol. The van der Waals surface area contributed by atoms with Crippen LogP contribution in [0.15, 0.2) is 51.8 Å². The number of amides is 1. The molecule has 2 rings (SSSR count). The quantitative estimate of drug-likeness (QED) is 0.716. The zero-order valence-electron chi connectivity index (χ0n) is 10.7. The van der Waals surface area contributed by atoms with E-state index in [1.165, 1.54) is 18.2 Å². The van der Waals surface area contributed by atoms with Gasteiger partial charge in [-0.2, -0.15) is 0 Å². The molecular weight excluding hydrogens is 358 g/mol. The number of primary sulfonamides is 1. The summed E-state index contributed by atoms with van der Waals surface area (Å²) in [5, 5.41) is 7.62. The molecule has 0 aromatic heterocycles. The van der Waals surface area contributed by atoms with E-state index in [0.29, 0.717) is 4.47 Å². The van der Waals surface area contributed by atoms with Crippen LogP contribution >= 0.6 is 15.9 Å². The molecule has 0 aliphatic heterocycles. The highest BCUT2D eigenvalue weighted by molar-refractivity contribution is 9.10. The van der Waals surface area contributed by atoms with Gasteiger partial charge in [0.15, 0.2) is 0 Å². The second kappa shape index (κ2) is 5.84. The Hall–Kier alpha value is -1.90. The largest absolute Gasteiger partial charge is 0.398 e. The van der Waals surface area contributed by atoms with Crippen LogP contribution in [0.5, 0.6) is 0 Å². The van der Waals surface area contributed by atoms with Gasteiger partial charge in [-0.15, -0.1) is 0 Å². The van der Waals surface area contributed by atoms with Gasteiger partial charge in [0.05, 0.1) is 11.3 Å². The summed E-state index contributed by atoms with van der Waals surface area (Å²) in [4.78, 5) is 12.1. The van der Waals surface area contributed by atoms with Gasteiger partial charge in [0.25, 0.3) is 5.91 Å². The lowest BCUT2D eigenvalue weighted by molar-refractivity contribution is 0.102. The van der Waals surface area contributed by atoms with Crippen LogP contribution in [0.1, 0.15) is 10.4 Å². The Labute approximate surface area is 130 Å². The number of carbonyl (C=O) groups is 1. The van der Waals surface area contributed by atoms with E-state index in [0.717, 1.165) is 0 Å². The number of halogens is 1. The molecule has 0 saturated heterocycles. The first kappa shape index (κ1) is 15.5. The molecule has 0 radical (unpaired) electrons. The Balaban J connectivity index is 2.39. The van der Waals surface area contributed by atoms with Gasteiger partial charge in [-0.25, -0.2) is 13.6 Å². The van der Waals surface area contributed by atoms with Crippen molar-refractivity contribution < 1.29 is 13.2 Å². The van der Waals surface area contributed by atoms with Crippen molar-refractivity contribution in [2.75, 3.05) is 11.1 Å². The maximum Gasteiger partial charge on any atom is 0.257 e. The van der Waals surface area contributed by atoms with Gasteiger partial charge in [0, 0.05) is 10.2 Å². The molecular formula is C13H12BrN3O3S. The first-order valence-electron chi connectivity index (χ1n) is 5.77. The average Bonchev–Trinajstić information content (AvgIpc) is 2.41. The lowest BCUT2D eigenvalue weighted by Crippen LogP contribution is -2.19. The molecule has 0 bridgehead atoms. The molecule has 0 fully saturated rings. The predicted octanol–water partition coefficient (Wildman–Crippen LogP) is 1.93. The summed E-state index contributed by atoms with van der Waals surface area (Å²) < 4.78 is 23.7. The fourth-order valence-electron chi connectivity index (χ4n) is 1.73. The van der Waals surface area contributed by atoms with Gasteiger partial charge in [0.2, 0.25) is 10.0 Å². The third-order valence-corrected chi connectivity index (χ3v) is 4.16. The monoisotopic (exact) mass is 369 g/mol. The standard InChI is InChI=1S/C13H12BrN3O3S/c14-8-5-6-10(15)9(7-8)13(18)17-11-3-1-2-4-12(11)21(16,19)20/h1-7H,15H2,(H,17,18)(H2,16,19,20). The van der Waals surface area contributed by atoms with E-state index in [1.807, 2.05) is 0 Å². The van der Waals surface area contributed by atoms with Crippen LogP contribution in [0.3, 0.4) is 0 Å². The number of rotatable bonds is 3. The Morgan fingerprint density at radius 2 is 1.81 bits per heavy atom. The number of nitrogens with one attached hydrogen (secondary N) is 1. The number of para-hydroxylation sites is 1. The van der Waals surface area contributed by atoms with Crippen molar-refractivity contribution >= 4 is 43.2 Å². The summed E-state index contributed by atoms with van der Waals surface area (Å²) in [7, 11) is -3.93. The molecule has 0 heterocycles. The number of nitrogens with two attached hydrogens (primary N) is 2. The zero-order chi connectivity index (χ0) is 15.6. The normalized spacial score (nSPS) is 11.1. The van der Waals surface area contributed by atoms with E-state index >= 15 is 0 Å². The molecule has 0 aliphatic rings. The SMILES string of the molecule is Nc1ccc(Br)cc1C(=O)Nc1ccccc1S(N)(=O)=O. The number of benzene rings is 2. The number of carbonyl (C=O) groups excluding carboxylic acids is 1. The number of anilines is 2. The molecule has 5 N–H and O–H groups in total. The Kier molecular flexibility index (Phi) is 4.31. The molecule has 2 aromatic carbocycles. The fraction of sp³-hybridized carbons (Fsp3) is 0. The molecule has 0 spiro atoms. The Bertz CT molecular complexity index is 806. The summed E-state index contributed by atoms with van der Waals surface area (Å²) in [5.74, 6) is -0.523. The third kappa shape index (κ3) is 3.60. The minimum absolute atomic E-state index is 0.101. The predicted molar refractivity (Wildman–Crippen MR) is 84.3 cm³/mol. The van der Waals surface area contributed by atoms with Gasteiger partial charge in [0.1, 0.15) is 4.90 Å². The summed E-state index contributed by atoms with van der Waals surface area (Å²) in [6, 6.07) is 10.7. The van der Waals surface area contributed by atoms with Crippen molar-refractivity contribution in [1.82, 2.24) is 0 Å². The van der Waals surface area contributed by atoms with E-state index < -0.39 is 15.9 Å². The van der Waals surface area contributed by atoms with Crippen molar-refractivity contribution in [3.8, 4) is 0 Å². The van der Waals surface area contributed by atoms with Crippen molar-refractivity contribution in [3.63, 3.8) is 0 Å². The molecule has 0 atom stereocenters. The highest BCUT2D eigenvalue weighted by atomic mass is 79.9. The molecule has 8 heteroatoms. The topological polar surface area (TPSA) is 115 Å². The van der Waals surface area contributed by atoms with Crippen LogP contribution in [-0.2, 0) is 10.0 Å².